The van der Waals surface area contributed by atoms with Gasteiger partial charge in [0.25, 0.3) is 5.91 Å². The second kappa shape index (κ2) is 6.32. The molecule has 0 saturated heterocycles. The Labute approximate surface area is 134 Å². The predicted octanol–water partition coefficient (Wildman–Crippen LogP) is 1.22. The number of rotatable bonds is 4. The molecule has 0 spiro atoms. The van der Waals surface area contributed by atoms with Crippen LogP contribution in [0.15, 0.2) is 48.8 Å². The highest BCUT2D eigenvalue weighted by molar-refractivity contribution is 7.18. The van der Waals surface area contributed by atoms with Crippen molar-refractivity contribution in [1.29, 1.82) is 0 Å². The second-order valence-electron chi connectivity index (χ2n) is 4.44. The van der Waals surface area contributed by atoms with Gasteiger partial charge in [0.1, 0.15) is 5.01 Å². The molecule has 7 nitrogen and oxygen atoms in total. The lowest BCUT2D eigenvalue weighted by Gasteiger charge is -2.08. The summed E-state index contributed by atoms with van der Waals surface area (Å²) in [6.45, 7) is 0. The number of hydrogen-bond donors (Lipinski definition) is 1. The van der Waals surface area contributed by atoms with E-state index in [1.165, 1.54) is 29.5 Å². The second-order valence-corrected chi connectivity index (χ2v) is 5.41. The van der Waals surface area contributed by atoms with Gasteiger partial charge in [-0.2, -0.15) is 0 Å². The van der Waals surface area contributed by atoms with Crippen molar-refractivity contribution in [3.8, 4) is 10.6 Å². The summed E-state index contributed by atoms with van der Waals surface area (Å²) in [5, 5.41) is 22.4. The van der Waals surface area contributed by atoms with Crippen LogP contribution in [0.1, 0.15) is 20.7 Å². The first-order valence-corrected chi connectivity index (χ1v) is 7.32. The Balaban J connectivity index is 1.82. The number of pyridine rings is 1. The maximum Gasteiger partial charge on any atom is 0.258 e. The minimum absolute atomic E-state index is 0.00756. The molecule has 114 valence electrons. The van der Waals surface area contributed by atoms with Crippen molar-refractivity contribution in [2.75, 3.05) is 5.32 Å². The highest BCUT2D eigenvalue weighted by Crippen LogP contribution is 2.26. The molecular formula is C15H9N4O3S-. The molecule has 1 N–H and O–H groups in total. The standard InChI is InChI=1S/C15H10N4O3S/c20-12(10-3-1-2-4-11(10)14(21)22)17-15-19-18-13(23-15)9-5-7-16-8-6-9/h1-8H,(H,21,22)(H,17,19,20)/p-1. The number of anilines is 1. The van der Waals surface area contributed by atoms with Gasteiger partial charge in [-0.25, -0.2) is 0 Å². The lowest BCUT2D eigenvalue weighted by Crippen LogP contribution is -2.26. The van der Waals surface area contributed by atoms with Gasteiger partial charge in [-0.3, -0.25) is 15.1 Å². The van der Waals surface area contributed by atoms with Crippen LogP contribution in [-0.2, 0) is 0 Å². The number of aromatic carboxylic acids is 1. The molecule has 0 radical (unpaired) electrons. The Morgan fingerprint density at radius 3 is 2.39 bits per heavy atom. The number of aromatic nitrogens is 3. The van der Waals surface area contributed by atoms with Gasteiger partial charge in [-0.1, -0.05) is 29.5 Å². The molecule has 23 heavy (non-hydrogen) atoms. The summed E-state index contributed by atoms with van der Waals surface area (Å²) < 4.78 is 0. The molecule has 2 heterocycles. The Bertz CT molecular complexity index is 864. The van der Waals surface area contributed by atoms with E-state index in [-0.39, 0.29) is 16.3 Å². The van der Waals surface area contributed by atoms with Gasteiger partial charge in [0, 0.05) is 29.1 Å². The summed E-state index contributed by atoms with van der Waals surface area (Å²) in [5.74, 6) is -1.99. The molecule has 0 aliphatic heterocycles. The number of nitrogens with zero attached hydrogens (tertiary/aromatic N) is 3. The van der Waals surface area contributed by atoms with E-state index in [1.807, 2.05) is 0 Å². The summed E-state index contributed by atoms with van der Waals surface area (Å²) in [6, 6.07) is 9.37. The van der Waals surface area contributed by atoms with Crippen LogP contribution in [0, 0.1) is 0 Å². The number of carbonyl (C=O) groups is 2. The Kier molecular flexibility index (Phi) is 4.07. The summed E-state index contributed by atoms with van der Waals surface area (Å²) in [7, 11) is 0. The zero-order chi connectivity index (χ0) is 16.2. The molecule has 0 atom stereocenters. The van der Waals surface area contributed by atoms with Gasteiger partial charge < -0.3 is 9.90 Å². The van der Waals surface area contributed by atoms with E-state index < -0.39 is 11.9 Å². The number of benzene rings is 1. The quantitative estimate of drug-likeness (QED) is 0.772. The SMILES string of the molecule is O=C([O-])c1ccccc1C(=O)Nc1nnc(-c2ccncc2)s1. The maximum atomic E-state index is 12.2. The summed E-state index contributed by atoms with van der Waals surface area (Å²) in [6.07, 6.45) is 3.26. The van der Waals surface area contributed by atoms with Gasteiger partial charge in [0.05, 0.1) is 5.97 Å². The zero-order valence-corrected chi connectivity index (χ0v) is 12.4. The van der Waals surface area contributed by atoms with Crippen molar-refractivity contribution in [1.82, 2.24) is 15.2 Å². The smallest absolute Gasteiger partial charge is 0.258 e. The van der Waals surface area contributed by atoms with E-state index in [9.17, 15) is 14.7 Å². The van der Waals surface area contributed by atoms with Gasteiger partial charge in [0.15, 0.2) is 0 Å². The minimum atomic E-state index is -1.41. The van der Waals surface area contributed by atoms with Crippen LogP contribution in [0.2, 0.25) is 0 Å². The number of carbonyl (C=O) groups excluding carboxylic acids is 2. The molecule has 0 bridgehead atoms. The number of nitrogens with one attached hydrogen (secondary N) is 1. The van der Waals surface area contributed by atoms with Gasteiger partial charge in [0.2, 0.25) is 5.13 Å². The Hall–Kier alpha value is -3.13. The molecule has 1 aromatic carbocycles. The molecule has 2 aromatic heterocycles. The Morgan fingerprint density at radius 2 is 1.70 bits per heavy atom. The fourth-order valence-corrected chi connectivity index (χ4v) is 2.65. The number of carboxylic acids is 1. The van der Waals surface area contributed by atoms with Crippen LogP contribution >= 0.6 is 11.3 Å². The first-order chi connectivity index (χ1) is 11.1. The number of amides is 1. The van der Waals surface area contributed by atoms with E-state index >= 15 is 0 Å². The predicted molar refractivity (Wildman–Crippen MR) is 81.9 cm³/mol. The molecule has 3 aromatic rings. The molecule has 0 unspecified atom stereocenters. The lowest BCUT2D eigenvalue weighted by atomic mass is 10.1. The third-order valence-electron chi connectivity index (χ3n) is 2.96. The Morgan fingerprint density at radius 1 is 1.00 bits per heavy atom. The first-order valence-electron chi connectivity index (χ1n) is 6.51. The van der Waals surface area contributed by atoms with Crippen molar-refractivity contribution in [3.05, 3.63) is 59.9 Å². The fraction of sp³-hybridized carbons (Fsp3) is 0. The normalized spacial score (nSPS) is 10.3. The van der Waals surface area contributed by atoms with Gasteiger partial charge in [-0.05, 0) is 18.2 Å². The van der Waals surface area contributed by atoms with Crippen LogP contribution < -0.4 is 10.4 Å². The summed E-state index contributed by atoms with van der Waals surface area (Å²) in [5.41, 5.74) is 0.658. The third kappa shape index (κ3) is 3.22. The van der Waals surface area contributed by atoms with Crippen LogP contribution in [0.5, 0.6) is 0 Å². The third-order valence-corrected chi connectivity index (χ3v) is 3.85. The lowest BCUT2D eigenvalue weighted by molar-refractivity contribution is -0.255. The van der Waals surface area contributed by atoms with E-state index in [1.54, 1.807) is 30.6 Å². The van der Waals surface area contributed by atoms with E-state index in [0.717, 1.165) is 5.56 Å². The highest BCUT2D eigenvalue weighted by atomic mass is 32.1. The topological polar surface area (TPSA) is 108 Å². The minimum Gasteiger partial charge on any atom is -0.545 e. The largest absolute Gasteiger partial charge is 0.545 e. The van der Waals surface area contributed by atoms with Gasteiger partial charge >= 0.3 is 0 Å². The van der Waals surface area contributed by atoms with Crippen LogP contribution in [-0.4, -0.2) is 27.1 Å². The van der Waals surface area contributed by atoms with E-state index in [2.05, 4.69) is 20.5 Å². The molecule has 0 fully saturated rings. The fourth-order valence-electron chi connectivity index (χ4n) is 1.91. The van der Waals surface area contributed by atoms with Crippen LogP contribution in [0.3, 0.4) is 0 Å². The maximum absolute atomic E-state index is 12.2. The monoisotopic (exact) mass is 325 g/mol. The molecular weight excluding hydrogens is 316 g/mol. The summed E-state index contributed by atoms with van der Waals surface area (Å²) >= 11 is 1.18. The molecule has 0 aliphatic carbocycles. The van der Waals surface area contributed by atoms with E-state index in [4.69, 9.17) is 0 Å². The van der Waals surface area contributed by atoms with Crippen molar-refractivity contribution in [3.63, 3.8) is 0 Å². The summed E-state index contributed by atoms with van der Waals surface area (Å²) in [4.78, 5) is 27.2. The van der Waals surface area contributed by atoms with Gasteiger partial charge in [-0.15, -0.1) is 10.2 Å². The number of carboxylic acid groups (broad SMARTS) is 1. The average Bonchev–Trinajstić information content (AvgIpc) is 3.04. The molecule has 8 heteroatoms. The van der Waals surface area contributed by atoms with Crippen LogP contribution in [0.4, 0.5) is 5.13 Å². The van der Waals surface area contributed by atoms with Crippen molar-refractivity contribution in [2.24, 2.45) is 0 Å². The average molecular weight is 325 g/mol. The van der Waals surface area contributed by atoms with Crippen molar-refractivity contribution >= 4 is 28.3 Å². The van der Waals surface area contributed by atoms with E-state index in [0.29, 0.717) is 5.01 Å². The van der Waals surface area contributed by atoms with Crippen molar-refractivity contribution in [2.45, 2.75) is 0 Å². The molecule has 1 amide bonds. The number of hydrogen-bond acceptors (Lipinski definition) is 7. The first kappa shape index (κ1) is 14.8. The zero-order valence-electron chi connectivity index (χ0n) is 11.6. The van der Waals surface area contributed by atoms with Crippen molar-refractivity contribution < 1.29 is 14.7 Å². The molecule has 0 aliphatic rings. The van der Waals surface area contributed by atoms with Crippen LogP contribution in [0.25, 0.3) is 10.6 Å². The molecule has 3 rings (SSSR count). The highest BCUT2D eigenvalue weighted by Gasteiger charge is 2.14. The molecule has 0 saturated carbocycles.